The van der Waals surface area contributed by atoms with Gasteiger partial charge in [0.25, 0.3) is 5.82 Å². The molecule has 0 saturated carbocycles. The highest BCUT2D eigenvalue weighted by atomic mass is 16.6. The third kappa shape index (κ3) is 2.60. The average molecular weight is 262 g/mol. The monoisotopic (exact) mass is 262 g/mol. The normalized spacial score (nSPS) is 10.7. The fourth-order valence-corrected chi connectivity index (χ4v) is 1.19. The third-order valence-corrected chi connectivity index (χ3v) is 2.07. The van der Waals surface area contributed by atoms with E-state index in [1.807, 2.05) is 0 Å². The largest absolute Gasteiger partial charge is 0.507 e. The summed E-state index contributed by atoms with van der Waals surface area (Å²) in [6, 6.07) is 3.93. The van der Waals surface area contributed by atoms with Crippen LogP contribution in [0.15, 0.2) is 33.1 Å². The third-order valence-electron chi connectivity index (χ3n) is 2.07. The van der Waals surface area contributed by atoms with Gasteiger partial charge in [0.15, 0.2) is 6.29 Å². The van der Waals surface area contributed by atoms with E-state index in [2.05, 4.69) is 25.2 Å². The molecule has 0 spiro atoms. The lowest BCUT2D eigenvalue weighted by Gasteiger charge is -1.96. The molecule has 0 fully saturated rings. The zero-order valence-electron chi connectivity index (χ0n) is 9.22. The number of aldehydes is 1. The minimum Gasteiger partial charge on any atom is -0.507 e. The number of aromatic nitrogens is 2. The maximum Gasteiger partial charge on any atom is 0.362 e. The number of carboxylic acids is 1. The minimum absolute atomic E-state index is 0.0354. The molecule has 0 unspecified atom stereocenters. The Kier molecular flexibility index (Phi) is 3.28. The number of phenols is 1. The molecular weight excluding hydrogens is 256 g/mol. The standard InChI is InChI=1S/C10H6N4O5/c15-4-5-3-6(1-2-7(5)16)11-12-9-8(10(17)18)13-19-14-9/h1-4,16H,(H,17,18). The molecule has 0 radical (unpaired) electrons. The number of carbonyl (C=O) groups excluding carboxylic acids is 1. The summed E-state index contributed by atoms with van der Waals surface area (Å²) in [5, 5.41) is 31.6. The summed E-state index contributed by atoms with van der Waals surface area (Å²) in [5.41, 5.74) is -0.203. The predicted octanol–water partition coefficient (Wildman–Crippen LogP) is 1.70. The van der Waals surface area contributed by atoms with Crippen LogP contribution in [0.4, 0.5) is 11.5 Å². The molecule has 96 valence electrons. The molecule has 2 rings (SSSR count). The number of azo groups is 1. The number of phenolic OH excluding ortho intramolecular Hbond substituents is 1. The van der Waals surface area contributed by atoms with Crippen molar-refractivity contribution in [2.24, 2.45) is 10.2 Å². The van der Waals surface area contributed by atoms with E-state index in [9.17, 15) is 14.7 Å². The number of rotatable bonds is 4. The van der Waals surface area contributed by atoms with Gasteiger partial charge in [-0.1, -0.05) is 0 Å². The molecule has 2 N–H and O–H groups in total. The average Bonchev–Trinajstić information content (AvgIpc) is 2.86. The van der Waals surface area contributed by atoms with Gasteiger partial charge in [0.2, 0.25) is 5.69 Å². The SMILES string of the molecule is O=Cc1cc(N=Nc2nonc2C(=O)O)ccc1O. The van der Waals surface area contributed by atoms with E-state index in [0.29, 0.717) is 6.29 Å². The summed E-state index contributed by atoms with van der Waals surface area (Å²) in [5.74, 6) is -1.84. The number of aromatic carboxylic acids is 1. The van der Waals surface area contributed by atoms with Crippen molar-refractivity contribution in [1.29, 1.82) is 0 Å². The van der Waals surface area contributed by atoms with Crippen LogP contribution < -0.4 is 0 Å². The lowest BCUT2D eigenvalue weighted by molar-refractivity contribution is 0.0685. The topological polar surface area (TPSA) is 138 Å². The van der Waals surface area contributed by atoms with Crippen LogP contribution in [0.5, 0.6) is 5.75 Å². The van der Waals surface area contributed by atoms with Gasteiger partial charge >= 0.3 is 5.97 Å². The Hall–Kier alpha value is -3.10. The predicted molar refractivity (Wildman–Crippen MR) is 58.9 cm³/mol. The molecule has 9 heteroatoms. The first-order valence-corrected chi connectivity index (χ1v) is 4.87. The van der Waals surface area contributed by atoms with E-state index in [1.54, 1.807) is 0 Å². The maximum atomic E-state index is 10.7. The second-order valence-corrected chi connectivity index (χ2v) is 3.30. The molecule has 1 heterocycles. The first-order valence-electron chi connectivity index (χ1n) is 4.87. The smallest absolute Gasteiger partial charge is 0.362 e. The second-order valence-electron chi connectivity index (χ2n) is 3.30. The van der Waals surface area contributed by atoms with Crippen molar-refractivity contribution in [2.75, 3.05) is 0 Å². The number of hydrogen-bond donors (Lipinski definition) is 2. The van der Waals surface area contributed by atoms with Crippen LogP contribution in [0, 0.1) is 0 Å². The molecule has 9 nitrogen and oxygen atoms in total. The minimum atomic E-state index is -1.35. The lowest BCUT2D eigenvalue weighted by atomic mass is 10.2. The Bertz CT molecular complexity index is 664. The van der Waals surface area contributed by atoms with Crippen LogP contribution in [-0.2, 0) is 0 Å². The Labute approximate surface area is 105 Å². The number of benzene rings is 1. The second kappa shape index (κ2) is 5.04. The van der Waals surface area contributed by atoms with Gasteiger partial charge < -0.3 is 10.2 Å². The quantitative estimate of drug-likeness (QED) is 0.631. The number of carbonyl (C=O) groups is 2. The fraction of sp³-hybridized carbons (Fsp3) is 0. The Balaban J connectivity index is 2.30. The highest BCUT2D eigenvalue weighted by Crippen LogP contribution is 2.24. The molecule has 1 aromatic carbocycles. The van der Waals surface area contributed by atoms with Crippen LogP contribution in [-0.4, -0.2) is 32.8 Å². The summed E-state index contributed by atoms with van der Waals surface area (Å²) in [7, 11) is 0. The van der Waals surface area contributed by atoms with Gasteiger partial charge in [0, 0.05) is 0 Å². The molecule has 0 saturated heterocycles. The zero-order chi connectivity index (χ0) is 13.8. The molecule has 0 atom stereocenters. The lowest BCUT2D eigenvalue weighted by Crippen LogP contribution is -1.95. The van der Waals surface area contributed by atoms with E-state index in [4.69, 9.17) is 5.11 Å². The van der Waals surface area contributed by atoms with Gasteiger partial charge in [-0.15, -0.1) is 10.2 Å². The van der Waals surface area contributed by atoms with Gasteiger partial charge in [-0.25, -0.2) is 9.42 Å². The summed E-state index contributed by atoms with van der Waals surface area (Å²) in [6.07, 6.45) is 0.453. The number of hydrogen-bond acceptors (Lipinski definition) is 8. The Morgan fingerprint density at radius 1 is 1.32 bits per heavy atom. The van der Waals surface area contributed by atoms with E-state index in [0.717, 1.165) is 0 Å². The van der Waals surface area contributed by atoms with Crippen LogP contribution in [0.3, 0.4) is 0 Å². The summed E-state index contributed by atoms with van der Waals surface area (Å²) >= 11 is 0. The van der Waals surface area contributed by atoms with Crippen LogP contribution in [0.25, 0.3) is 0 Å². The van der Waals surface area contributed by atoms with Crippen LogP contribution >= 0.6 is 0 Å². The summed E-state index contributed by atoms with van der Waals surface area (Å²) in [4.78, 5) is 21.3. The van der Waals surface area contributed by atoms with Crippen molar-refractivity contribution in [1.82, 2.24) is 10.3 Å². The first kappa shape index (κ1) is 12.4. The van der Waals surface area contributed by atoms with E-state index >= 15 is 0 Å². The van der Waals surface area contributed by atoms with Crippen molar-refractivity contribution in [3.63, 3.8) is 0 Å². The number of aromatic hydroxyl groups is 1. The summed E-state index contributed by atoms with van der Waals surface area (Å²) < 4.78 is 4.23. The van der Waals surface area contributed by atoms with Gasteiger partial charge in [-0.3, -0.25) is 4.79 Å². The van der Waals surface area contributed by atoms with Gasteiger partial charge in [-0.05, 0) is 28.5 Å². The molecule has 1 aromatic heterocycles. The molecule has 0 bridgehead atoms. The Morgan fingerprint density at radius 3 is 2.79 bits per heavy atom. The fourth-order valence-electron chi connectivity index (χ4n) is 1.19. The zero-order valence-corrected chi connectivity index (χ0v) is 9.22. The van der Waals surface area contributed by atoms with Crippen molar-refractivity contribution in [3.05, 3.63) is 29.5 Å². The van der Waals surface area contributed by atoms with Gasteiger partial charge in [0.05, 0.1) is 11.3 Å². The van der Waals surface area contributed by atoms with Crippen LogP contribution in [0.2, 0.25) is 0 Å². The molecule has 19 heavy (non-hydrogen) atoms. The van der Waals surface area contributed by atoms with E-state index in [-0.39, 0.29) is 22.8 Å². The first-order chi connectivity index (χ1) is 9.11. The molecular formula is C10H6N4O5. The highest BCUT2D eigenvalue weighted by Gasteiger charge is 2.16. The van der Waals surface area contributed by atoms with E-state index < -0.39 is 11.7 Å². The number of nitrogens with zero attached hydrogens (tertiary/aromatic N) is 4. The Morgan fingerprint density at radius 2 is 2.11 bits per heavy atom. The molecule has 0 aliphatic heterocycles. The molecule has 0 amide bonds. The van der Waals surface area contributed by atoms with Gasteiger partial charge in [-0.2, -0.15) is 0 Å². The van der Waals surface area contributed by atoms with Crippen molar-refractivity contribution in [2.45, 2.75) is 0 Å². The maximum absolute atomic E-state index is 10.7. The molecule has 0 aliphatic carbocycles. The molecule has 2 aromatic rings. The van der Waals surface area contributed by atoms with Crippen molar-refractivity contribution >= 4 is 23.8 Å². The van der Waals surface area contributed by atoms with Crippen molar-refractivity contribution in [3.8, 4) is 5.75 Å². The highest BCUT2D eigenvalue weighted by molar-refractivity contribution is 5.89. The van der Waals surface area contributed by atoms with Crippen LogP contribution in [0.1, 0.15) is 20.8 Å². The van der Waals surface area contributed by atoms with E-state index in [1.165, 1.54) is 18.2 Å². The number of carboxylic acid groups (broad SMARTS) is 1. The molecule has 0 aliphatic rings. The van der Waals surface area contributed by atoms with Gasteiger partial charge in [0.1, 0.15) is 5.75 Å². The van der Waals surface area contributed by atoms with Crippen molar-refractivity contribution < 1.29 is 24.4 Å². The summed E-state index contributed by atoms with van der Waals surface area (Å²) in [6.45, 7) is 0.